The molecule has 0 saturated heterocycles. The Morgan fingerprint density at radius 3 is 2.27 bits per heavy atom. The Labute approximate surface area is 148 Å². The van der Waals surface area contributed by atoms with Crippen LogP contribution >= 0.6 is 0 Å². The third kappa shape index (κ3) is 3.96. The third-order valence-electron chi connectivity index (χ3n) is 3.29. The molecule has 0 saturated carbocycles. The van der Waals surface area contributed by atoms with Gasteiger partial charge in [0, 0.05) is 11.4 Å². The fraction of sp³-hybridized carbons (Fsp3) is 0. The van der Waals surface area contributed by atoms with E-state index in [9.17, 15) is 13.2 Å². The largest absolute Gasteiger partial charge is 0.368 e. The van der Waals surface area contributed by atoms with Crippen molar-refractivity contribution in [1.82, 2.24) is 14.8 Å². The fourth-order valence-corrected chi connectivity index (χ4v) is 2.60. The Bertz CT molecular complexity index is 1030. The summed E-state index contributed by atoms with van der Waals surface area (Å²) in [7, 11) is -3.77. The number of rotatable bonds is 4. The van der Waals surface area contributed by atoms with Crippen molar-refractivity contribution in [1.29, 1.82) is 0 Å². The monoisotopic (exact) mass is 373 g/mol. The fourth-order valence-electron chi connectivity index (χ4n) is 2.08. The van der Waals surface area contributed by atoms with Gasteiger partial charge in [0.1, 0.15) is 0 Å². The summed E-state index contributed by atoms with van der Waals surface area (Å²) in [5.41, 5.74) is 6.81. The van der Waals surface area contributed by atoms with Gasteiger partial charge < -0.3 is 16.4 Å². The molecule has 0 bridgehead atoms. The number of amides is 1. The highest BCUT2D eigenvalue weighted by molar-refractivity contribution is 7.89. The van der Waals surface area contributed by atoms with Crippen LogP contribution < -0.4 is 21.5 Å². The summed E-state index contributed by atoms with van der Waals surface area (Å²) in [6, 6.07) is 13.9. The van der Waals surface area contributed by atoms with E-state index >= 15 is 0 Å². The molecule has 0 aliphatic heterocycles. The average molecular weight is 373 g/mol. The molecule has 0 atom stereocenters. The highest BCUT2D eigenvalue weighted by Crippen LogP contribution is 2.17. The number of anilines is 4. The average Bonchev–Trinajstić information content (AvgIpc) is 2.96. The molecule has 1 amide bonds. The van der Waals surface area contributed by atoms with Crippen molar-refractivity contribution in [3.05, 3.63) is 54.6 Å². The SMILES string of the molecule is Nc1nc(Nc2ccc(S(N)(=O)=O)cc2)nn1C(=O)Nc1ccccc1. The number of nitrogen functional groups attached to an aromatic ring is 1. The zero-order valence-electron chi connectivity index (χ0n) is 13.3. The van der Waals surface area contributed by atoms with Gasteiger partial charge in [-0.2, -0.15) is 4.98 Å². The first-order valence-electron chi connectivity index (χ1n) is 7.32. The molecule has 0 aliphatic rings. The molecule has 2 aromatic carbocycles. The standard InChI is InChI=1S/C15H15N7O3S/c16-13-20-14(18-11-6-8-12(9-7-11)26(17,24)25)21-22(13)15(23)19-10-4-2-1-3-5-10/h1-9H,(H,19,23)(H2,17,24,25)(H3,16,18,20,21). The number of para-hydroxylation sites is 1. The van der Waals surface area contributed by atoms with Crippen LogP contribution in [0.5, 0.6) is 0 Å². The summed E-state index contributed by atoms with van der Waals surface area (Å²) in [6.45, 7) is 0. The molecular weight excluding hydrogens is 358 g/mol. The van der Waals surface area contributed by atoms with Gasteiger partial charge in [0.25, 0.3) is 0 Å². The lowest BCUT2D eigenvalue weighted by Gasteiger charge is -2.04. The van der Waals surface area contributed by atoms with Crippen LogP contribution in [0.25, 0.3) is 0 Å². The summed E-state index contributed by atoms with van der Waals surface area (Å²) in [5, 5.41) is 14.5. The molecule has 3 rings (SSSR count). The highest BCUT2D eigenvalue weighted by Gasteiger charge is 2.14. The van der Waals surface area contributed by atoms with E-state index in [4.69, 9.17) is 10.9 Å². The van der Waals surface area contributed by atoms with E-state index in [1.165, 1.54) is 24.3 Å². The van der Waals surface area contributed by atoms with Crippen molar-refractivity contribution in [2.24, 2.45) is 5.14 Å². The molecule has 1 aromatic heterocycles. The van der Waals surface area contributed by atoms with Crippen molar-refractivity contribution in [2.75, 3.05) is 16.4 Å². The Balaban J connectivity index is 1.74. The lowest BCUT2D eigenvalue weighted by atomic mass is 10.3. The summed E-state index contributed by atoms with van der Waals surface area (Å²) in [5.74, 6) is -0.0313. The Morgan fingerprint density at radius 1 is 1.00 bits per heavy atom. The first-order valence-corrected chi connectivity index (χ1v) is 8.86. The van der Waals surface area contributed by atoms with Gasteiger partial charge in [-0.3, -0.25) is 0 Å². The van der Waals surface area contributed by atoms with Gasteiger partial charge in [-0.05, 0) is 36.4 Å². The lowest BCUT2D eigenvalue weighted by molar-refractivity contribution is 0.251. The van der Waals surface area contributed by atoms with E-state index in [1.54, 1.807) is 24.3 Å². The normalized spacial score (nSPS) is 11.1. The summed E-state index contributed by atoms with van der Waals surface area (Å²) < 4.78 is 23.4. The number of hydrogen-bond donors (Lipinski definition) is 4. The van der Waals surface area contributed by atoms with Crippen LogP contribution in [-0.4, -0.2) is 29.2 Å². The van der Waals surface area contributed by atoms with Gasteiger partial charge >= 0.3 is 6.03 Å². The molecule has 134 valence electrons. The maximum Gasteiger partial charge on any atom is 0.349 e. The molecular formula is C15H15N7O3S. The second-order valence-electron chi connectivity index (χ2n) is 5.20. The van der Waals surface area contributed by atoms with Crippen LogP contribution in [0.4, 0.5) is 28.1 Å². The number of nitrogens with two attached hydrogens (primary N) is 2. The number of nitrogens with one attached hydrogen (secondary N) is 2. The number of aromatic nitrogens is 3. The van der Waals surface area contributed by atoms with Crippen molar-refractivity contribution in [2.45, 2.75) is 4.90 Å². The summed E-state index contributed by atoms with van der Waals surface area (Å²) >= 11 is 0. The van der Waals surface area contributed by atoms with Crippen LogP contribution in [0.15, 0.2) is 59.5 Å². The van der Waals surface area contributed by atoms with E-state index in [1.807, 2.05) is 6.07 Å². The third-order valence-corrected chi connectivity index (χ3v) is 4.22. The summed E-state index contributed by atoms with van der Waals surface area (Å²) in [4.78, 5) is 16.1. The number of carbonyl (C=O) groups excluding carboxylic acids is 1. The Hall–Kier alpha value is -3.44. The van der Waals surface area contributed by atoms with Crippen LogP contribution in [-0.2, 0) is 10.0 Å². The highest BCUT2D eigenvalue weighted by atomic mass is 32.2. The number of hydrogen-bond acceptors (Lipinski definition) is 7. The van der Waals surface area contributed by atoms with Crippen molar-refractivity contribution in [3.8, 4) is 0 Å². The molecule has 0 aliphatic carbocycles. The maximum atomic E-state index is 12.2. The second-order valence-corrected chi connectivity index (χ2v) is 6.76. The van der Waals surface area contributed by atoms with E-state index < -0.39 is 16.1 Å². The van der Waals surface area contributed by atoms with Gasteiger partial charge in [0.05, 0.1) is 4.90 Å². The van der Waals surface area contributed by atoms with E-state index in [-0.39, 0.29) is 16.8 Å². The van der Waals surface area contributed by atoms with Crippen molar-refractivity contribution < 1.29 is 13.2 Å². The zero-order chi connectivity index (χ0) is 18.7. The van der Waals surface area contributed by atoms with Crippen molar-refractivity contribution >= 4 is 39.3 Å². The smallest absolute Gasteiger partial charge is 0.349 e. The molecule has 10 nitrogen and oxygen atoms in total. The number of carbonyl (C=O) groups is 1. The van der Waals surface area contributed by atoms with Gasteiger partial charge in [-0.1, -0.05) is 18.2 Å². The number of primary sulfonamides is 1. The lowest BCUT2D eigenvalue weighted by Crippen LogP contribution is -2.22. The Morgan fingerprint density at radius 2 is 1.65 bits per heavy atom. The van der Waals surface area contributed by atoms with E-state index in [2.05, 4.69) is 20.7 Å². The molecule has 11 heteroatoms. The summed E-state index contributed by atoms with van der Waals surface area (Å²) in [6.07, 6.45) is 0. The first-order chi connectivity index (χ1) is 12.3. The van der Waals surface area contributed by atoms with Crippen LogP contribution in [0.2, 0.25) is 0 Å². The predicted octanol–water partition coefficient (Wildman–Crippen LogP) is 1.33. The molecule has 3 aromatic rings. The minimum Gasteiger partial charge on any atom is -0.368 e. The molecule has 0 fully saturated rings. The Kier molecular flexibility index (Phi) is 4.56. The van der Waals surface area contributed by atoms with Crippen molar-refractivity contribution in [3.63, 3.8) is 0 Å². The molecule has 1 heterocycles. The topological polar surface area (TPSA) is 158 Å². The molecule has 6 N–H and O–H groups in total. The quantitative estimate of drug-likeness (QED) is 0.537. The molecule has 0 spiro atoms. The van der Waals surface area contributed by atoms with Gasteiger partial charge in [-0.25, -0.2) is 18.4 Å². The molecule has 0 radical (unpaired) electrons. The second kappa shape index (κ2) is 6.82. The van der Waals surface area contributed by atoms with E-state index in [0.717, 1.165) is 4.68 Å². The van der Waals surface area contributed by atoms with Crippen LogP contribution in [0, 0.1) is 0 Å². The predicted molar refractivity (Wildman–Crippen MR) is 96.4 cm³/mol. The minimum absolute atomic E-state index is 0.0247. The maximum absolute atomic E-state index is 12.2. The minimum atomic E-state index is -3.77. The van der Waals surface area contributed by atoms with E-state index in [0.29, 0.717) is 11.4 Å². The van der Waals surface area contributed by atoms with Crippen LogP contribution in [0.3, 0.4) is 0 Å². The van der Waals surface area contributed by atoms with Gasteiger partial charge in [-0.15, -0.1) is 9.78 Å². The zero-order valence-corrected chi connectivity index (χ0v) is 14.1. The number of sulfonamides is 1. The van der Waals surface area contributed by atoms with Crippen LogP contribution in [0.1, 0.15) is 0 Å². The number of nitrogens with zero attached hydrogens (tertiary/aromatic N) is 3. The number of benzene rings is 2. The molecule has 26 heavy (non-hydrogen) atoms. The molecule has 0 unspecified atom stereocenters. The van der Waals surface area contributed by atoms with Gasteiger partial charge in [0.2, 0.25) is 21.9 Å². The first kappa shape index (κ1) is 17.4. The van der Waals surface area contributed by atoms with Gasteiger partial charge in [0.15, 0.2) is 0 Å².